The molecule has 0 radical (unpaired) electrons. The summed E-state index contributed by atoms with van der Waals surface area (Å²) in [5.74, 6) is -0.942. The number of rotatable bonds is 2. The summed E-state index contributed by atoms with van der Waals surface area (Å²) in [6.07, 6.45) is 4.29. The maximum absolute atomic E-state index is 12.1. The van der Waals surface area contributed by atoms with Crippen molar-refractivity contribution in [1.29, 1.82) is 0 Å². The van der Waals surface area contributed by atoms with Crippen LogP contribution in [0.2, 0.25) is 0 Å². The van der Waals surface area contributed by atoms with Crippen molar-refractivity contribution >= 4 is 28.5 Å². The van der Waals surface area contributed by atoms with Gasteiger partial charge in [0.25, 0.3) is 0 Å². The molecule has 0 unspecified atom stereocenters. The average Bonchev–Trinajstić information content (AvgIpc) is 2.96. The summed E-state index contributed by atoms with van der Waals surface area (Å²) < 4.78 is 5.40. The lowest BCUT2D eigenvalue weighted by Gasteiger charge is -2.29. The maximum Gasteiger partial charge on any atom is 0.410 e. The molecule has 1 aromatic carbocycles. The molecule has 0 saturated heterocycles. The highest BCUT2D eigenvalue weighted by atomic mass is 16.6. The second-order valence-electron chi connectivity index (χ2n) is 7.17. The molecule has 0 saturated carbocycles. The number of carboxylic acids is 1. The van der Waals surface area contributed by atoms with Crippen LogP contribution in [0.25, 0.3) is 16.5 Å². The first-order valence-electron chi connectivity index (χ1n) is 8.26. The number of aromatic amines is 1. The number of hydrogen-bond donors (Lipinski definition) is 2. The average molecular weight is 342 g/mol. The molecule has 1 aliphatic rings. The van der Waals surface area contributed by atoms with Crippen LogP contribution in [0.3, 0.4) is 0 Å². The summed E-state index contributed by atoms with van der Waals surface area (Å²) in [7, 11) is 0. The van der Waals surface area contributed by atoms with Gasteiger partial charge in [-0.2, -0.15) is 0 Å². The molecule has 0 aliphatic carbocycles. The van der Waals surface area contributed by atoms with Crippen molar-refractivity contribution in [3.8, 4) is 0 Å². The number of carbonyl (C=O) groups excluding carboxylic acids is 1. The second kappa shape index (κ2) is 6.27. The number of ether oxygens (including phenoxy) is 1. The van der Waals surface area contributed by atoms with Crippen LogP contribution in [0.15, 0.2) is 30.5 Å². The van der Waals surface area contributed by atoms with Crippen molar-refractivity contribution in [2.75, 3.05) is 13.1 Å². The van der Waals surface area contributed by atoms with Crippen molar-refractivity contribution in [2.45, 2.75) is 32.8 Å². The fourth-order valence-corrected chi connectivity index (χ4v) is 2.93. The Bertz CT molecular complexity index is 858. The first-order chi connectivity index (χ1) is 11.7. The van der Waals surface area contributed by atoms with E-state index < -0.39 is 11.6 Å². The van der Waals surface area contributed by atoms with Gasteiger partial charge in [0.1, 0.15) is 5.60 Å². The van der Waals surface area contributed by atoms with Crippen molar-refractivity contribution in [3.05, 3.63) is 41.6 Å². The normalized spacial score (nSPS) is 15.2. The third-order valence-electron chi connectivity index (χ3n) is 4.14. The van der Waals surface area contributed by atoms with E-state index in [1.54, 1.807) is 23.1 Å². The third kappa shape index (κ3) is 3.68. The van der Waals surface area contributed by atoms with E-state index in [1.165, 1.54) is 0 Å². The number of nitrogens with zero attached hydrogens (tertiary/aromatic N) is 1. The van der Waals surface area contributed by atoms with E-state index in [9.17, 15) is 14.7 Å². The van der Waals surface area contributed by atoms with E-state index in [0.29, 0.717) is 19.5 Å². The predicted octanol–water partition coefficient (Wildman–Crippen LogP) is 3.89. The molecule has 25 heavy (non-hydrogen) atoms. The SMILES string of the molecule is CC(C)(C)OC(=O)N1CC=C(c2c[nH]c3ccc(C(=O)O)cc23)CC1. The monoisotopic (exact) mass is 342 g/mol. The van der Waals surface area contributed by atoms with Crippen LogP contribution in [0.4, 0.5) is 4.79 Å². The number of amides is 1. The number of aromatic nitrogens is 1. The number of fused-ring (bicyclic) bond motifs is 1. The van der Waals surface area contributed by atoms with Gasteiger partial charge in [0.15, 0.2) is 0 Å². The van der Waals surface area contributed by atoms with Crippen LogP contribution < -0.4 is 0 Å². The zero-order valence-corrected chi connectivity index (χ0v) is 14.6. The highest BCUT2D eigenvalue weighted by Gasteiger charge is 2.24. The third-order valence-corrected chi connectivity index (χ3v) is 4.14. The van der Waals surface area contributed by atoms with Crippen molar-refractivity contribution < 1.29 is 19.4 Å². The summed E-state index contributed by atoms with van der Waals surface area (Å²) in [6, 6.07) is 5.05. The molecule has 3 rings (SSSR count). The van der Waals surface area contributed by atoms with Gasteiger partial charge in [-0.25, -0.2) is 9.59 Å². The molecular weight excluding hydrogens is 320 g/mol. The molecule has 1 amide bonds. The fourth-order valence-electron chi connectivity index (χ4n) is 2.93. The van der Waals surface area contributed by atoms with Gasteiger partial charge in [-0.3, -0.25) is 0 Å². The highest BCUT2D eigenvalue weighted by molar-refractivity contribution is 5.98. The summed E-state index contributed by atoms with van der Waals surface area (Å²) in [4.78, 5) is 28.2. The quantitative estimate of drug-likeness (QED) is 0.867. The Morgan fingerprint density at radius 1 is 1.28 bits per heavy atom. The zero-order valence-electron chi connectivity index (χ0n) is 14.6. The standard InChI is InChI=1S/C19H22N2O4/c1-19(2,3)25-18(24)21-8-6-12(7-9-21)15-11-20-16-5-4-13(17(22)23)10-14(15)16/h4-6,10-11,20H,7-9H2,1-3H3,(H,22,23). The van der Waals surface area contributed by atoms with Gasteiger partial charge in [0, 0.05) is 35.8 Å². The van der Waals surface area contributed by atoms with Gasteiger partial charge in [-0.1, -0.05) is 6.08 Å². The molecule has 0 fully saturated rings. The van der Waals surface area contributed by atoms with Gasteiger partial charge >= 0.3 is 12.1 Å². The number of aromatic carboxylic acids is 1. The van der Waals surface area contributed by atoms with Crippen LogP contribution in [0.1, 0.15) is 43.1 Å². The number of nitrogens with one attached hydrogen (secondary N) is 1. The summed E-state index contributed by atoms with van der Waals surface area (Å²) in [6.45, 7) is 6.61. The molecule has 2 heterocycles. The Morgan fingerprint density at radius 2 is 2.04 bits per heavy atom. The second-order valence-corrected chi connectivity index (χ2v) is 7.17. The Kier molecular flexibility index (Phi) is 4.29. The number of H-pyrrole nitrogens is 1. The van der Waals surface area contributed by atoms with Gasteiger partial charge in [-0.15, -0.1) is 0 Å². The van der Waals surface area contributed by atoms with Crippen LogP contribution in [-0.2, 0) is 4.74 Å². The maximum atomic E-state index is 12.1. The van der Waals surface area contributed by atoms with E-state index in [4.69, 9.17) is 4.74 Å². The fraction of sp³-hybridized carbons (Fsp3) is 0.368. The Hall–Kier alpha value is -2.76. The van der Waals surface area contributed by atoms with Crippen molar-refractivity contribution in [3.63, 3.8) is 0 Å². The summed E-state index contributed by atoms with van der Waals surface area (Å²) in [5, 5.41) is 10.1. The van der Waals surface area contributed by atoms with Crippen LogP contribution >= 0.6 is 0 Å². The van der Waals surface area contributed by atoms with Crippen molar-refractivity contribution in [2.24, 2.45) is 0 Å². The molecule has 6 nitrogen and oxygen atoms in total. The molecule has 0 bridgehead atoms. The van der Waals surface area contributed by atoms with E-state index in [-0.39, 0.29) is 11.7 Å². The molecule has 1 aliphatic heterocycles. The summed E-state index contributed by atoms with van der Waals surface area (Å²) in [5.41, 5.74) is 2.75. The molecule has 132 valence electrons. The lowest BCUT2D eigenvalue weighted by molar-refractivity contribution is 0.0270. The molecule has 6 heteroatoms. The Labute approximate surface area is 146 Å². The van der Waals surface area contributed by atoms with E-state index >= 15 is 0 Å². The van der Waals surface area contributed by atoms with Gasteiger partial charge in [0.05, 0.1) is 5.56 Å². The smallest absolute Gasteiger partial charge is 0.410 e. The largest absolute Gasteiger partial charge is 0.478 e. The first kappa shape index (κ1) is 17.1. The predicted molar refractivity (Wildman–Crippen MR) is 95.7 cm³/mol. The minimum Gasteiger partial charge on any atom is -0.478 e. The van der Waals surface area contributed by atoms with E-state index in [0.717, 1.165) is 22.0 Å². The van der Waals surface area contributed by atoms with Crippen LogP contribution in [0, 0.1) is 0 Å². The van der Waals surface area contributed by atoms with E-state index in [1.807, 2.05) is 33.0 Å². The van der Waals surface area contributed by atoms with Gasteiger partial charge in [-0.05, 0) is 51.0 Å². The topological polar surface area (TPSA) is 82.6 Å². The number of carbonyl (C=O) groups is 2. The van der Waals surface area contributed by atoms with E-state index in [2.05, 4.69) is 4.98 Å². The molecule has 1 aromatic heterocycles. The molecule has 0 atom stereocenters. The lowest BCUT2D eigenvalue weighted by atomic mass is 9.98. The summed E-state index contributed by atoms with van der Waals surface area (Å²) >= 11 is 0. The minimum absolute atomic E-state index is 0.264. The molecule has 2 N–H and O–H groups in total. The minimum atomic E-state index is -0.942. The number of carboxylic acid groups (broad SMARTS) is 1. The van der Waals surface area contributed by atoms with Crippen LogP contribution in [-0.4, -0.2) is 45.7 Å². The highest BCUT2D eigenvalue weighted by Crippen LogP contribution is 2.30. The van der Waals surface area contributed by atoms with Crippen molar-refractivity contribution in [1.82, 2.24) is 9.88 Å². The van der Waals surface area contributed by atoms with Crippen LogP contribution in [0.5, 0.6) is 0 Å². The number of hydrogen-bond acceptors (Lipinski definition) is 3. The lowest BCUT2D eigenvalue weighted by Crippen LogP contribution is -2.39. The number of benzene rings is 1. The van der Waals surface area contributed by atoms with Gasteiger partial charge < -0.3 is 19.7 Å². The zero-order chi connectivity index (χ0) is 18.2. The van der Waals surface area contributed by atoms with Gasteiger partial charge in [0.2, 0.25) is 0 Å². The molecule has 0 spiro atoms. The molecule has 2 aromatic rings. The Morgan fingerprint density at radius 3 is 2.64 bits per heavy atom. The molecular formula is C19H22N2O4. The Balaban J connectivity index is 1.82. The first-order valence-corrected chi connectivity index (χ1v) is 8.26.